The molecule has 0 spiro atoms. The molecule has 162 valence electrons. The van der Waals surface area contributed by atoms with E-state index in [0.29, 0.717) is 5.69 Å². The minimum atomic E-state index is -4.34. The lowest BCUT2D eigenvalue weighted by Crippen LogP contribution is -2.19. The van der Waals surface area contributed by atoms with Crippen molar-refractivity contribution in [1.29, 1.82) is 0 Å². The topological polar surface area (TPSA) is 8.17 Å². The number of likely N-dealkylation sites (N-methyl/N-ethyl adjacent to an activating group) is 1. The molecule has 0 amide bonds. The Morgan fingerprint density at radius 2 is 1.87 bits per heavy atom. The number of aromatic nitrogens is 1. The lowest BCUT2D eigenvalue weighted by Gasteiger charge is -2.12. The van der Waals surface area contributed by atoms with E-state index in [1.807, 2.05) is 29.7 Å². The average molecular weight is 536 g/mol. The molecule has 0 aliphatic rings. The quantitative estimate of drug-likeness (QED) is 0.146. The van der Waals surface area contributed by atoms with Crippen LogP contribution in [0.2, 0.25) is 0 Å². The number of alkyl halides is 3. The monoisotopic (exact) mass is 536 g/mol. The van der Waals surface area contributed by atoms with Gasteiger partial charge in [-0.3, -0.25) is 0 Å². The Kier molecular flexibility index (Phi) is 7.50. The number of hydrogen-bond donors (Lipinski definition) is 0. The third-order valence-electron chi connectivity index (χ3n) is 5.12. The van der Waals surface area contributed by atoms with Gasteiger partial charge in [-0.2, -0.15) is 13.2 Å². The molecule has 0 N–H and O–H groups in total. The summed E-state index contributed by atoms with van der Waals surface area (Å²) in [4.78, 5) is 2.20. The molecule has 0 unspecified atom stereocenters. The molecule has 1 heterocycles. The highest BCUT2D eigenvalue weighted by molar-refractivity contribution is 14.1. The second-order valence-corrected chi connectivity index (χ2v) is 8.51. The van der Waals surface area contributed by atoms with Gasteiger partial charge < -0.3 is 9.47 Å². The summed E-state index contributed by atoms with van der Waals surface area (Å²) in [6.07, 6.45) is -0.625. The molecule has 0 saturated carbocycles. The summed E-state index contributed by atoms with van der Waals surface area (Å²) >= 11 is 2.24. The Bertz CT molecular complexity index is 1130. The second-order valence-electron chi connectivity index (χ2n) is 7.48. The van der Waals surface area contributed by atoms with Crippen molar-refractivity contribution in [3.63, 3.8) is 0 Å². The molecule has 2 nitrogen and oxygen atoms in total. The van der Waals surface area contributed by atoms with Gasteiger partial charge in [0.2, 0.25) is 0 Å². The molecule has 0 atom stereocenters. The molecule has 0 fully saturated rings. The van der Waals surface area contributed by atoms with Gasteiger partial charge in [-0.1, -0.05) is 17.9 Å². The van der Waals surface area contributed by atoms with Gasteiger partial charge in [0.15, 0.2) is 0 Å². The molecule has 3 aromatic rings. The molecule has 0 saturated heterocycles. The Morgan fingerprint density at radius 1 is 1.16 bits per heavy atom. The van der Waals surface area contributed by atoms with Crippen LogP contribution in [-0.4, -0.2) is 29.6 Å². The fourth-order valence-corrected chi connectivity index (χ4v) is 4.29. The van der Waals surface area contributed by atoms with Gasteiger partial charge in [0.1, 0.15) is 0 Å². The minimum absolute atomic E-state index is 0.646. The average Bonchev–Trinajstić information content (AvgIpc) is 2.97. The lowest BCUT2D eigenvalue weighted by molar-refractivity contribution is -0.137. The zero-order valence-electron chi connectivity index (χ0n) is 17.6. The zero-order valence-corrected chi connectivity index (χ0v) is 19.7. The van der Waals surface area contributed by atoms with Crippen LogP contribution in [0.4, 0.5) is 13.2 Å². The first-order valence-corrected chi connectivity index (χ1v) is 11.1. The standard InChI is InChI=1S/C25H24F3IN2/c1-4-15-30(3)16-7-5-6-8-19-9-14-23-22(17-19)18(2)24(29)31(23)21-12-10-20(11-13-21)25(26,27)28/h4,9-14,17H,1,5,7,15-16H2,2-3H3. The molecule has 0 aliphatic carbocycles. The van der Waals surface area contributed by atoms with Crippen LogP contribution >= 0.6 is 22.6 Å². The van der Waals surface area contributed by atoms with E-state index in [1.165, 1.54) is 12.1 Å². The van der Waals surface area contributed by atoms with Gasteiger partial charge in [-0.15, -0.1) is 6.58 Å². The van der Waals surface area contributed by atoms with Crippen LogP contribution in [0, 0.1) is 22.5 Å². The maximum Gasteiger partial charge on any atom is 0.416 e. The van der Waals surface area contributed by atoms with Crippen LogP contribution in [0.1, 0.15) is 29.5 Å². The predicted molar refractivity (Wildman–Crippen MR) is 130 cm³/mol. The first-order valence-electron chi connectivity index (χ1n) is 9.99. The van der Waals surface area contributed by atoms with E-state index >= 15 is 0 Å². The maximum atomic E-state index is 12.9. The summed E-state index contributed by atoms with van der Waals surface area (Å²) in [7, 11) is 2.06. The summed E-state index contributed by atoms with van der Waals surface area (Å²) in [6, 6.07) is 11.3. The number of fused-ring (bicyclic) bond motifs is 1. The smallest absolute Gasteiger partial charge is 0.304 e. The van der Waals surface area contributed by atoms with Crippen LogP contribution < -0.4 is 0 Å². The fraction of sp³-hybridized carbons (Fsp3) is 0.280. The predicted octanol–water partition coefficient (Wildman–Crippen LogP) is 6.81. The third-order valence-corrected chi connectivity index (χ3v) is 6.41. The number of hydrogen-bond acceptors (Lipinski definition) is 1. The van der Waals surface area contributed by atoms with E-state index in [0.717, 1.165) is 63.8 Å². The van der Waals surface area contributed by atoms with Crippen molar-refractivity contribution in [2.45, 2.75) is 25.9 Å². The first kappa shape index (κ1) is 23.4. The summed E-state index contributed by atoms with van der Waals surface area (Å²) in [5.74, 6) is 6.48. The molecular formula is C25H24F3IN2. The van der Waals surface area contributed by atoms with Gasteiger partial charge in [-0.25, -0.2) is 0 Å². The number of aryl methyl sites for hydroxylation is 1. The number of nitrogens with zero attached hydrogens (tertiary/aromatic N) is 2. The van der Waals surface area contributed by atoms with Crippen molar-refractivity contribution in [2.24, 2.45) is 0 Å². The van der Waals surface area contributed by atoms with Crippen molar-refractivity contribution in [3.05, 3.63) is 75.5 Å². The van der Waals surface area contributed by atoms with Gasteiger partial charge in [0.05, 0.1) is 14.8 Å². The Hall–Kier alpha value is -2.24. The number of benzene rings is 2. The summed E-state index contributed by atoms with van der Waals surface area (Å²) < 4.78 is 41.7. The van der Waals surface area contributed by atoms with E-state index in [2.05, 4.69) is 59.0 Å². The Labute approximate surface area is 194 Å². The fourth-order valence-electron chi connectivity index (χ4n) is 3.46. The van der Waals surface area contributed by atoms with Crippen molar-refractivity contribution in [1.82, 2.24) is 9.47 Å². The largest absolute Gasteiger partial charge is 0.416 e. The van der Waals surface area contributed by atoms with Crippen molar-refractivity contribution >= 4 is 33.5 Å². The number of unbranched alkanes of at least 4 members (excludes halogenated alkanes) is 1. The third kappa shape index (κ3) is 5.52. The van der Waals surface area contributed by atoms with E-state index in [4.69, 9.17) is 0 Å². The summed E-state index contributed by atoms with van der Waals surface area (Å²) in [6.45, 7) is 7.62. The van der Waals surface area contributed by atoms with E-state index in [-0.39, 0.29) is 0 Å². The van der Waals surface area contributed by atoms with Crippen LogP contribution in [-0.2, 0) is 6.18 Å². The SMILES string of the molecule is C=CCN(C)CCCC#Cc1ccc2c(c1)c(C)c(I)n2-c1ccc(C(F)(F)F)cc1. The van der Waals surface area contributed by atoms with Gasteiger partial charge in [0, 0.05) is 29.6 Å². The molecule has 0 bridgehead atoms. The van der Waals surface area contributed by atoms with Crippen LogP contribution in [0.25, 0.3) is 16.6 Å². The van der Waals surface area contributed by atoms with E-state index in [1.54, 1.807) is 0 Å². The molecular weight excluding hydrogens is 512 g/mol. The van der Waals surface area contributed by atoms with E-state index in [9.17, 15) is 13.2 Å². The number of halogens is 4. The van der Waals surface area contributed by atoms with Gasteiger partial charge in [-0.05, 0) is 97.6 Å². The van der Waals surface area contributed by atoms with Crippen LogP contribution in [0.15, 0.2) is 55.1 Å². The highest BCUT2D eigenvalue weighted by Gasteiger charge is 2.30. The highest BCUT2D eigenvalue weighted by Crippen LogP contribution is 2.33. The van der Waals surface area contributed by atoms with Crippen LogP contribution in [0.3, 0.4) is 0 Å². The molecule has 1 aromatic heterocycles. The van der Waals surface area contributed by atoms with Gasteiger partial charge >= 0.3 is 6.18 Å². The molecule has 6 heteroatoms. The molecule has 31 heavy (non-hydrogen) atoms. The summed E-state index contributed by atoms with van der Waals surface area (Å²) in [5.41, 5.74) is 3.05. The highest BCUT2D eigenvalue weighted by atomic mass is 127. The minimum Gasteiger partial charge on any atom is -0.304 e. The number of rotatable bonds is 6. The molecule has 3 rings (SSSR count). The molecule has 0 radical (unpaired) electrons. The van der Waals surface area contributed by atoms with Crippen molar-refractivity contribution in [3.8, 4) is 17.5 Å². The first-order chi connectivity index (χ1) is 14.7. The zero-order chi connectivity index (χ0) is 22.6. The Morgan fingerprint density at radius 3 is 2.52 bits per heavy atom. The Balaban J connectivity index is 1.83. The van der Waals surface area contributed by atoms with Gasteiger partial charge in [0.25, 0.3) is 0 Å². The molecule has 0 aliphatic heterocycles. The van der Waals surface area contributed by atoms with Crippen molar-refractivity contribution < 1.29 is 13.2 Å². The lowest BCUT2D eigenvalue weighted by atomic mass is 10.1. The second kappa shape index (κ2) is 9.92. The normalized spacial score (nSPS) is 11.6. The van der Waals surface area contributed by atoms with E-state index < -0.39 is 11.7 Å². The molecule has 2 aromatic carbocycles. The van der Waals surface area contributed by atoms with Crippen molar-refractivity contribution in [2.75, 3.05) is 20.1 Å². The summed E-state index contributed by atoms with van der Waals surface area (Å²) in [5, 5.41) is 1.06. The maximum absolute atomic E-state index is 12.9. The van der Waals surface area contributed by atoms with Crippen LogP contribution in [0.5, 0.6) is 0 Å².